The number of fused-ring (bicyclic) bond motifs is 2. The fourth-order valence-electron chi connectivity index (χ4n) is 5.66. The van der Waals surface area contributed by atoms with Crippen molar-refractivity contribution in [2.24, 2.45) is 9.98 Å². The smallest absolute Gasteiger partial charge is 0.244 e. The lowest BCUT2D eigenvalue weighted by Crippen LogP contribution is -2.38. The normalized spacial score (nSPS) is 18.2. The first-order valence-electron chi connectivity index (χ1n) is 14.2. The molecule has 3 N–H and O–H groups in total. The summed E-state index contributed by atoms with van der Waals surface area (Å²) in [4.78, 5) is 23.7. The summed E-state index contributed by atoms with van der Waals surface area (Å²) in [5, 5.41) is 22.4. The second kappa shape index (κ2) is 12.0. The second-order valence-electron chi connectivity index (χ2n) is 10.9. The van der Waals surface area contributed by atoms with Crippen molar-refractivity contribution in [2.75, 3.05) is 19.6 Å². The molecule has 1 saturated heterocycles. The molecule has 1 aliphatic carbocycles. The number of nitrogens with zero attached hydrogens (tertiary/aromatic N) is 7. The zero-order valence-electron chi connectivity index (χ0n) is 23.3. The SMILES string of the molecule is C=N/C(=N\C=C(/C)c1cn(CC(=O)N2CCc3[nH]nnc3C2)nc1OC1CCNCC1)NC1Cc2ccccc2C1. The number of hydrogen-bond acceptors (Lipinski definition) is 7. The fraction of sp³-hybridized carbons (Fsp3) is 0.448. The molecular weight excluding hydrogens is 520 g/mol. The van der Waals surface area contributed by atoms with Crippen molar-refractivity contribution < 1.29 is 9.53 Å². The Hall–Kier alpha value is -4.32. The summed E-state index contributed by atoms with van der Waals surface area (Å²) in [5.74, 6) is 0.960. The largest absolute Gasteiger partial charge is 0.473 e. The van der Waals surface area contributed by atoms with Crippen molar-refractivity contribution in [3.63, 3.8) is 0 Å². The summed E-state index contributed by atoms with van der Waals surface area (Å²) in [5.41, 5.74) is 6.18. The lowest BCUT2D eigenvalue weighted by Gasteiger charge is -2.25. The van der Waals surface area contributed by atoms with Crippen LogP contribution in [0.2, 0.25) is 0 Å². The minimum Gasteiger partial charge on any atom is -0.473 e. The number of aromatic nitrogens is 5. The van der Waals surface area contributed by atoms with Gasteiger partial charge in [0.15, 0.2) is 0 Å². The molecule has 12 nitrogen and oxygen atoms in total. The maximum atomic E-state index is 13.2. The molecule has 3 aliphatic rings. The molecule has 6 rings (SSSR count). The van der Waals surface area contributed by atoms with E-state index in [1.165, 1.54) is 11.1 Å². The number of amides is 1. The number of ether oxygens (including phenoxy) is 1. The second-order valence-corrected chi connectivity index (χ2v) is 10.9. The average molecular weight is 557 g/mol. The summed E-state index contributed by atoms with van der Waals surface area (Å²) in [6.45, 7) is 8.66. The number of piperidine rings is 1. The van der Waals surface area contributed by atoms with Crippen LogP contribution in [-0.2, 0) is 37.1 Å². The number of nitrogens with one attached hydrogen (secondary N) is 3. The van der Waals surface area contributed by atoms with Gasteiger partial charge in [0.05, 0.1) is 17.8 Å². The lowest BCUT2D eigenvalue weighted by molar-refractivity contribution is -0.133. The first-order chi connectivity index (χ1) is 20.1. The highest BCUT2D eigenvalue weighted by molar-refractivity contribution is 5.86. The van der Waals surface area contributed by atoms with Crippen LogP contribution >= 0.6 is 0 Å². The van der Waals surface area contributed by atoms with Gasteiger partial charge in [0, 0.05) is 31.4 Å². The van der Waals surface area contributed by atoms with Crippen LogP contribution in [0, 0.1) is 0 Å². The maximum absolute atomic E-state index is 13.2. The van der Waals surface area contributed by atoms with E-state index < -0.39 is 0 Å². The van der Waals surface area contributed by atoms with Gasteiger partial charge in [-0.05, 0) is 69.1 Å². The Morgan fingerprint density at radius 3 is 2.78 bits per heavy atom. The van der Waals surface area contributed by atoms with Gasteiger partial charge in [0.1, 0.15) is 18.3 Å². The average Bonchev–Trinajstić information content (AvgIpc) is 3.73. The van der Waals surface area contributed by atoms with Gasteiger partial charge >= 0.3 is 0 Å². The third kappa shape index (κ3) is 6.22. The fourth-order valence-corrected chi connectivity index (χ4v) is 5.66. The van der Waals surface area contributed by atoms with E-state index >= 15 is 0 Å². The van der Waals surface area contributed by atoms with Gasteiger partial charge in [0.2, 0.25) is 17.7 Å². The Morgan fingerprint density at radius 1 is 1.24 bits per heavy atom. The molecule has 214 valence electrons. The topological polar surface area (TPSA) is 138 Å². The minimum absolute atomic E-state index is 0.0272. The quantitative estimate of drug-likeness (QED) is 0.299. The van der Waals surface area contributed by atoms with Crippen LogP contribution < -0.4 is 15.4 Å². The molecule has 41 heavy (non-hydrogen) atoms. The Balaban J connectivity index is 1.18. The monoisotopic (exact) mass is 556 g/mol. The van der Waals surface area contributed by atoms with Crippen LogP contribution in [0.25, 0.3) is 5.57 Å². The molecule has 1 fully saturated rings. The number of aliphatic imine (C=N–C) groups is 2. The summed E-state index contributed by atoms with van der Waals surface area (Å²) in [6.07, 6.45) is 8.06. The molecule has 0 saturated carbocycles. The van der Waals surface area contributed by atoms with E-state index in [0.717, 1.165) is 61.3 Å². The number of rotatable bonds is 7. The van der Waals surface area contributed by atoms with Crippen LogP contribution in [-0.4, -0.2) is 80.5 Å². The molecule has 0 atom stereocenters. The van der Waals surface area contributed by atoms with E-state index in [2.05, 4.69) is 67.0 Å². The Morgan fingerprint density at radius 2 is 2.02 bits per heavy atom. The summed E-state index contributed by atoms with van der Waals surface area (Å²) in [7, 11) is 0. The molecule has 2 aromatic heterocycles. The number of benzene rings is 1. The van der Waals surface area contributed by atoms with E-state index in [4.69, 9.17) is 9.84 Å². The third-order valence-electron chi connectivity index (χ3n) is 7.96. The first-order valence-corrected chi connectivity index (χ1v) is 14.2. The number of allylic oxidation sites excluding steroid dienone is 1. The Labute approximate surface area is 239 Å². The predicted octanol–water partition coefficient (Wildman–Crippen LogP) is 1.89. The molecule has 2 aliphatic heterocycles. The van der Waals surface area contributed by atoms with Gasteiger partial charge in [0.25, 0.3) is 0 Å². The Bertz CT molecular complexity index is 1440. The van der Waals surface area contributed by atoms with E-state index in [-0.39, 0.29) is 24.6 Å². The van der Waals surface area contributed by atoms with E-state index in [1.807, 2.05) is 13.1 Å². The van der Waals surface area contributed by atoms with Crippen molar-refractivity contribution in [3.8, 4) is 5.88 Å². The molecule has 1 aromatic carbocycles. The number of H-pyrrole nitrogens is 1. The lowest BCUT2D eigenvalue weighted by atomic mass is 10.1. The van der Waals surface area contributed by atoms with E-state index in [9.17, 15) is 4.79 Å². The Kier molecular flexibility index (Phi) is 7.90. The van der Waals surface area contributed by atoms with E-state index in [0.29, 0.717) is 31.3 Å². The zero-order valence-corrected chi connectivity index (χ0v) is 23.3. The van der Waals surface area contributed by atoms with Crippen LogP contribution in [0.3, 0.4) is 0 Å². The van der Waals surface area contributed by atoms with Crippen LogP contribution in [0.15, 0.2) is 46.6 Å². The maximum Gasteiger partial charge on any atom is 0.244 e. The molecule has 1 amide bonds. The predicted molar refractivity (Wildman–Crippen MR) is 156 cm³/mol. The standard InChI is InChI=1S/C29H36N10O2/c1-19(15-32-29(30-2)33-22-13-20-5-3-4-6-21(20)14-22)24-16-39(36-28(24)41-23-7-10-31-11-8-23)18-27(40)38-12-9-25-26(17-38)35-37-34-25/h3-6,15-16,22-23,31H,2,7-14,17-18H2,1H3,(H,32,33)(H,34,35,37)/b19-15+. The van der Waals surface area contributed by atoms with Crippen molar-refractivity contribution >= 4 is 24.2 Å². The van der Waals surface area contributed by atoms with Crippen molar-refractivity contribution in [1.82, 2.24) is 40.7 Å². The van der Waals surface area contributed by atoms with Crippen LogP contribution in [0.4, 0.5) is 0 Å². The number of carbonyl (C=O) groups excluding carboxylic acids is 1. The summed E-state index contributed by atoms with van der Waals surface area (Å²) >= 11 is 0. The number of hydrogen-bond donors (Lipinski definition) is 3. The highest BCUT2D eigenvalue weighted by Gasteiger charge is 2.25. The zero-order chi connectivity index (χ0) is 28.2. The molecule has 0 radical (unpaired) electrons. The summed E-state index contributed by atoms with van der Waals surface area (Å²) < 4.78 is 8.03. The highest BCUT2D eigenvalue weighted by Crippen LogP contribution is 2.28. The van der Waals surface area contributed by atoms with Gasteiger partial charge < -0.3 is 20.3 Å². The van der Waals surface area contributed by atoms with Gasteiger partial charge in [-0.25, -0.2) is 9.98 Å². The van der Waals surface area contributed by atoms with Crippen molar-refractivity contribution in [1.29, 1.82) is 0 Å². The summed E-state index contributed by atoms with van der Waals surface area (Å²) in [6, 6.07) is 8.71. The van der Waals surface area contributed by atoms with Gasteiger partial charge in [-0.15, -0.1) is 10.2 Å². The molecule has 3 aromatic rings. The molecule has 12 heteroatoms. The highest BCUT2D eigenvalue weighted by atomic mass is 16.5. The number of aromatic amines is 1. The first kappa shape index (κ1) is 26.9. The van der Waals surface area contributed by atoms with E-state index in [1.54, 1.807) is 15.8 Å². The van der Waals surface area contributed by atoms with Gasteiger partial charge in [-0.2, -0.15) is 0 Å². The minimum atomic E-state index is -0.0272. The third-order valence-corrected chi connectivity index (χ3v) is 7.96. The molecular formula is C29H36N10O2. The molecule has 0 spiro atoms. The van der Waals surface area contributed by atoms with Gasteiger partial charge in [-0.1, -0.05) is 29.5 Å². The van der Waals surface area contributed by atoms with Crippen LogP contribution in [0.1, 0.15) is 47.8 Å². The molecule has 4 heterocycles. The number of guanidine groups is 1. The molecule has 0 bridgehead atoms. The van der Waals surface area contributed by atoms with Crippen molar-refractivity contribution in [3.05, 3.63) is 64.7 Å². The molecule has 0 unspecified atom stereocenters. The van der Waals surface area contributed by atoms with Crippen LogP contribution in [0.5, 0.6) is 5.88 Å². The van der Waals surface area contributed by atoms with Crippen molar-refractivity contribution in [2.45, 2.75) is 64.3 Å². The van der Waals surface area contributed by atoms with Gasteiger partial charge in [-0.3, -0.25) is 14.6 Å². The number of carbonyl (C=O) groups is 1.